The van der Waals surface area contributed by atoms with Crippen LogP contribution >= 0.6 is 0 Å². The van der Waals surface area contributed by atoms with E-state index < -0.39 is 12.1 Å². The third-order valence-corrected chi connectivity index (χ3v) is 4.70. The number of ether oxygens (including phenoxy) is 2. The van der Waals surface area contributed by atoms with Gasteiger partial charge in [-0.15, -0.1) is 0 Å². The van der Waals surface area contributed by atoms with Crippen LogP contribution in [0.15, 0.2) is 94.3 Å². The zero-order valence-electron chi connectivity index (χ0n) is 16.4. The molecule has 0 fully saturated rings. The van der Waals surface area contributed by atoms with Crippen LogP contribution in [-0.2, 0) is 16.1 Å². The lowest BCUT2D eigenvalue weighted by Gasteiger charge is -2.14. The minimum Gasteiger partial charge on any atom is -0.479 e. The molecular weight excluding hydrogens is 380 g/mol. The lowest BCUT2D eigenvalue weighted by atomic mass is 10.1. The Hall–Kier alpha value is -3.86. The second-order valence-electron chi connectivity index (χ2n) is 6.86. The molecule has 0 saturated heterocycles. The molecule has 0 saturated carbocycles. The first-order valence-corrected chi connectivity index (χ1v) is 9.60. The zero-order chi connectivity index (χ0) is 20.9. The van der Waals surface area contributed by atoms with Crippen molar-refractivity contribution >= 4 is 16.9 Å². The van der Waals surface area contributed by atoms with E-state index in [1.165, 1.54) is 6.26 Å². The van der Waals surface area contributed by atoms with Gasteiger partial charge in [-0.05, 0) is 30.2 Å². The van der Waals surface area contributed by atoms with Gasteiger partial charge in [0.1, 0.15) is 24.2 Å². The summed E-state index contributed by atoms with van der Waals surface area (Å²) in [6, 6.07) is 23.7. The van der Waals surface area contributed by atoms with E-state index >= 15 is 0 Å². The Balaban J connectivity index is 1.48. The van der Waals surface area contributed by atoms with Crippen molar-refractivity contribution in [2.45, 2.75) is 19.6 Å². The summed E-state index contributed by atoms with van der Waals surface area (Å²) >= 11 is 0. The topological polar surface area (TPSA) is 65.7 Å². The Morgan fingerprint density at radius 2 is 1.67 bits per heavy atom. The molecule has 1 heterocycles. The van der Waals surface area contributed by atoms with Crippen LogP contribution in [0, 0.1) is 0 Å². The van der Waals surface area contributed by atoms with E-state index in [4.69, 9.17) is 13.9 Å². The molecule has 1 atom stereocenters. The van der Waals surface area contributed by atoms with Crippen LogP contribution in [0.1, 0.15) is 12.5 Å². The van der Waals surface area contributed by atoms with E-state index in [1.54, 1.807) is 25.1 Å². The van der Waals surface area contributed by atoms with Gasteiger partial charge in [0.15, 0.2) is 11.5 Å². The summed E-state index contributed by atoms with van der Waals surface area (Å²) in [6.45, 7) is 1.80. The van der Waals surface area contributed by atoms with Crippen LogP contribution in [0.5, 0.6) is 5.75 Å². The molecule has 0 spiro atoms. The summed E-state index contributed by atoms with van der Waals surface area (Å²) in [5.41, 5.74) is 2.46. The highest BCUT2D eigenvalue weighted by Gasteiger charge is 2.17. The van der Waals surface area contributed by atoms with Crippen molar-refractivity contribution in [1.29, 1.82) is 0 Å². The van der Waals surface area contributed by atoms with Crippen LogP contribution < -0.4 is 10.2 Å². The summed E-state index contributed by atoms with van der Waals surface area (Å²) in [5, 5.41) is 0.447. The van der Waals surface area contributed by atoms with E-state index in [2.05, 4.69) is 0 Å². The molecule has 3 aromatic carbocycles. The van der Waals surface area contributed by atoms with Crippen LogP contribution in [-0.4, -0.2) is 12.1 Å². The Morgan fingerprint density at radius 1 is 0.967 bits per heavy atom. The van der Waals surface area contributed by atoms with E-state index in [9.17, 15) is 9.59 Å². The standard InChI is InChI=1S/C25H20O5/c1-17(25(27)29-15-18-8-4-2-5-9-18)30-20-12-13-21-23(14-20)28-16-22(24(21)26)19-10-6-3-7-11-19/h2-14,16-17H,15H2,1H3. The maximum absolute atomic E-state index is 12.8. The molecule has 0 amide bonds. The van der Waals surface area contributed by atoms with Crippen molar-refractivity contribution in [2.75, 3.05) is 0 Å². The molecule has 5 heteroatoms. The average Bonchev–Trinajstić information content (AvgIpc) is 2.79. The maximum Gasteiger partial charge on any atom is 0.347 e. The van der Waals surface area contributed by atoms with E-state index in [-0.39, 0.29) is 12.0 Å². The fourth-order valence-electron chi connectivity index (χ4n) is 3.10. The van der Waals surface area contributed by atoms with Crippen LogP contribution in [0.3, 0.4) is 0 Å². The Morgan fingerprint density at radius 3 is 2.40 bits per heavy atom. The van der Waals surface area contributed by atoms with Gasteiger partial charge in [0.25, 0.3) is 0 Å². The predicted octanol–water partition coefficient (Wildman–Crippen LogP) is 4.97. The molecule has 0 aliphatic rings. The second-order valence-corrected chi connectivity index (χ2v) is 6.86. The summed E-state index contributed by atoms with van der Waals surface area (Å²) in [7, 11) is 0. The predicted molar refractivity (Wildman–Crippen MR) is 114 cm³/mol. The van der Waals surface area contributed by atoms with Crippen molar-refractivity contribution < 1.29 is 18.7 Å². The van der Waals surface area contributed by atoms with Gasteiger partial charge < -0.3 is 13.9 Å². The summed E-state index contributed by atoms with van der Waals surface area (Å²) in [6.07, 6.45) is 0.642. The molecule has 0 aliphatic heterocycles. The molecule has 150 valence electrons. The Kier molecular flexibility index (Phi) is 5.61. The van der Waals surface area contributed by atoms with Crippen molar-refractivity contribution in [3.05, 3.63) is 101 Å². The minimum absolute atomic E-state index is 0.121. The first-order chi connectivity index (χ1) is 14.6. The highest BCUT2D eigenvalue weighted by molar-refractivity contribution is 5.83. The molecule has 1 aromatic heterocycles. The fraction of sp³-hybridized carbons (Fsp3) is 0.120. The normalized spacial score (nSPS) is 11.8. The molecule has 5 nitrogen and oxygen atoms in total. The molecule has 0 bridgehead atoms. The van der Waals surface area contributed by atoms with Gasteiger partial charge in [-0.25, -0.2) is 4.79 Å². The van der Waals surface area contributed by atoms with Gasteiger partial charge in [-0.1, -0.05) is 60.7 Å². The Labute approximate surface area is 173 Å². The van der Waals surface area contributed by atoms with E-state index in [1.807, 2.05) is 60.7 Å². The van der Waals surface area contributed by atoms with Crippen LogP contribution in [0.25, 0.3) is 22.1 Å². The number of fused-ring (bicyclic) bond motifs is 1. The van der Waals surface area contributed by atoms with Gasteiger partial charge in [0.2, 0.25) is 0 Å². The highest BCUT2D eigenvalue weighted by Crippen LogP contribution is 2.23. The number of carbonyl (C=O) groups excluding carboxylic acids is 1. The van der Waals surface area contributed by atoms with Crippen LogP contribution in [0.2, 0.25) is 0 Å². The van der Waals surface area contributed by atoms with Gasteiger partial charge in [-0.3, -0.25) is 4.79 Å². The van der Waals surface area contributed by atoms with E-state index in [0.717, 1.165) is 11.1 Å². The molecule has 0 N–H and O–H groups in total. The number of hydrogen-bond acceptors (Lipinski definition) is 5. The number of rotatable bonds is 6. The maximum atomic E-state index is 12.8. The molecule has 30 heavy (non-hydrogen) atoms. The van der Waals surface area contributed by atoms with Crippen molar-refractivity contribution in [2.24, 2.45) is 0 Å². The van der Waals surface area contributed by atoms with Crippen LogP contribution in [0.4, 0.5) is 0 Å². The Bertz CT molecular complexity index is 1210. The first-order valence-electron chi connectivity index (χ1n) is 9.60. The third-order valence-electron chi connectivity index (χ3n) is 4.70. The van der Waals surface area contributed by atoms with Crippen molar-refractivity contribution in [1.82, 2.24) is 0 Å². The molecule has 4 rings (SSSR count). The molecule has 0 radical (unpaired) electrons. The number of benzene rings is 3. The van der Waals surface area contributed by atoms with Gasteiger partial charge in [0.05, 0.1) is 10.9 Å². The lowest BCUT2D eigenvalue weighted by Crippen LogP contribution is -2.26. The van der Waals surface area contributed by atoms with Gasteiger partial charge in [-0.2, -0.15) is 0 Å². The molecule has 1 unspecified atom stereocenters. The fourth-order valence-corrected chi connectivity index (χ4v) is 3.10. The highest BCUT2D eigenvalue weighted by atomic mass is 16.6. The largest absolute Gasteiger partial charge is 0.479 e. The average molecular weight is 400 g/mol. The summed E-state index contributed by atoms with van der Waals surface area (Å²) in [4.78, 5) is 25.0. The smallest absolute Gasteiger partial charge is 0.347 e. The SMILES string of the molecule is CC(Oc1ccc2c(=O)c(-c3ccccc3)coc2c1)C(=O)OCc1ccccc1. The number of carbonyl (C=O) groups is 1. The lowest BCUT2D eigenvalue weighted by molar-refractivity contribution is -0.152. The van der Waals surface area contributed by atoms with Crippen molar-refractivity contribution in [3.8, 4) is 16.9 Å². The van der Waals surface area contributed by atoms with Crippen molar-refractivity contribution in [3.63, 3.8) is 0 Å². The zero-order valence-corrected chi connectivity index (χ0v) is 16.4. The van der Waals surface area contributed by atoms with Gasteiger partial charge in [0, 0.05) is 6.07 Å². The summed E-state index contributed by atoms with van der Waals surface area (Å²) in [5.74, 6) is -0.0536. The minimum atomic E-state index is -0.804. The molecule has 4 aromatic rings. The number of hydrogen-bond donors (Lipinski definition) is 0. The first kappa shape index (κ1) is 19.5. The summed E-state index contributed by atoms with van der Waals surface area (Å²) < 4.78 is 16.7. The van der Waals surface area contributed by atoms with E-state index in [0.29, 0.717) is 22.3 Å². The quantitative estimate of drug-likeness (QED) is 0.428. The second kappa shape index (κ2) is 8.66. The molecule has 0 aliphatic carbocycles. The molecular formula is C25H20O5. The third kappa shape index (κ3) is 4.25. The monoisotopic (exact) mass is 400 g/mol. The van der Waals surface area contributed by atoms with Gasteiger partial charge >= 0.3 is 5.97 Å². The number of esters is 1.